The summed E-state index contributed by atoms with van der Waals surface area (Å²) in [6.45, 7) is 0. The number of carbonyl (C=O) groups is 1. The summed E-state index contributed by atoms with van der Waals surface area (Å²) >= 11 is 9.32. The van der Waals surface area contributed by atoms with Gasteiger partial charge in [0.15, 0.2) is 0 Å². The molecule has 2 rings (SSSR count). The highest BCUT2D eigenvalue weighted by molar-refractivity contribution is 14.1. The van der Waals surface area contributed by atoms with Gasteiger partial charge in [-0.2, -0.15) is 0 Å². The fraction of sp³-hybridized carbons (Fsp3) is 0. The SMILES string of the molecule is O=C(O)c1sc2cc(I)ccc2c1Cl. The van der Waals surface area contributed by atoms with Crippen molar-refractivity contribution in [1.82, 2.24) is 0 Å². The number of thiophene rings is 1. The zero-order chi connectivity index (χ0) is 10.3. The molecule has 2 aromatic rings. The van der Waals surface area contributed by atoms with Crippen LogP contribution in [0, 0.1) is 3.57 Å². The Morgan fingerprint density at radius 1 is 1.50 bits per heavy atom. The Hall–Kier alpha value is -0.330. The standard InChI is InChI=1S/C9H4ClIO2S/c10-7-5-2-1-4(11)3-6(5)14-8(7)9(12)13/h1-3H,(H,12,13). The first-order valence-electron chi connectivity index (χ1n) is 3.70. The zero-order valence-corrected chi connectivity index (χ0v) is 10.5. The molecule has 0 saturated heterocycles. The summed E-state index contributed by atoms with van der Waals surface area (Å²) in [5.41, 5.74) is 0. The monoisotopic (exact) mass is 338 g/mol. The molecule has 0 saturated carbocycles. The van der Waals surface area contributed by atoms with Gasteiger partial charge in [0, 0.05) is 13.7 Å². The summed E-state index contributed by atoms with van der Waals surface area (Å²) < 4.78 is 1.99. The minimum absolute atomic E-state index is 0.212. The maximum absolute atomic E-state index is 10.8. The Labute approximate surface area is 103 Å². The van der Waals surface area contributed by atoms with Crippen LogP contribution in [-0.4, -0.2) is 11.1 Å². The van der Waals surface area contributed by atoms with E-state index in [-0.39, 0.29) is 4.88 Å². The van der Waals surface area contributed by atoms with Gasteiger partial charge < -0.3 is 5.11 Å². The van der Waals surface area contributed by atoms with Crippen LogP contribution in [-0.2, 0) is 0 Å². The topological polar surface area (TPSA) is 37.3 Å². The lowest BCUT2D eigenvalue weighted by atomic mass is 10.2. The molecule has 14 heavy (non-hydrogen) atoms. The molecule has 0 bridgehead atoms. The van der Waals surface area contributed by atoms with Gasteiger partial charge >= 0.3 is 5.97 Å². The molecule has 0 fully saturated rings. The van der Waals surface area contributed by atoms with E-state index in [9.17, 15) is 4.79 Å². The number of aromatic carboxylic acids is 1. The van der Waals surface area contributed by atoms with Crippen molar-refractivity contribution in [2.75, 3.05) is 0 Å². The minimum Gasteiger partial charge on any atom is -0.477 e. The molecule has 2 nitrogen and oxygen atoms in total. The van der Waals surface area contributed by atoms with E-state index in [1.54, 1.807) is 0 Å². The second kappa shape index (κ2) is 3.67. The van der Waals surface area contributed by atoms with Gasteiger partial charge in [0.05, 0.1) is 5.02 Å². The molecule has 1 aromatic heterocycles. The first kappa shape index (κ1) is 10.2. The van der Waals surface area contributed by atoms with Gasteiger partial charge in [-0.25, -0.2) is 4.79 Å². The third kappa shape index (κ3) is 1.62. The fourth-order valence-corrected chi connectivity index (χ4v) is 3.27. The van der Waals surface area contributed by atoms with E-state index in [2.05, 4.69) is 22.6 Å². The maximum atomic E-state index is 10.8. The van der Waals surface area contributed by atoms with E-state index in [1.165, 1.54) is 11.3 Å². The smallest absolute Gasteiger partial charge is 0.347 e. The quantitative estimate of drug-likeness (QED) is 0.802. The molecule has 0 radical (unpaired) electrons. The number of fused-ring (bicyclic) bond motifs is 1. The third-order valence-corrected chi connectivity index (χ3v) is 4.10. The van der Waals surface area contributed by atoms with E-state index in [0.29, 0.717) is 5.02 Å². The van der Waals surface area contributed by atoms with E-state index in [1.807, 2.05) is 18.2 Å². The lowest BCUT2D eigenvalue weighted by molar-refractivity contribution is 0.0702. The summed E-state index contributed by atoms with van der Waals surface area (Å²) in [5, 5.41) is 10.0. The van der Waals surface area contributed by atoms with Crippen molar-refractivity contribution < 1.29 is 9.90 Å². The van der Waals surface area contributed by atoms with Gasteiger partial charge in [0.1, 0.15) is 4.88 Å². The zero-order valence-electron chi connectivity index (χ0n) is 6.75. The van der Waals surface area contributed by atoms with E-state index < -0.39 is 5.97 Å². The van der Waals surface area contributed by atoms with Crippen molar-refractivity contribution in [2.45, 2.75) is 0 Å². The molecule has 0 aliphatic carbocycles. The fourth-order valence-electron chi connectivity index (χ4n) is 1.18. The Bertz CT molecular complexity index is 521. The van der Waals surface area contributed by atoms with Crippen molar-refractivity contribution in [3.05, 3.63) is 31.7 Å². The number of hydrogen-bond acceptors (Lipinski definition) is 2. The van der Waals surface area contributed by atoms with Crippen LogP contribution in [0.25, 0.3) is 10.1 Å². The number of halogens is 2. The molecule has 0 unspecified atom stereocenters. The molecule has 0 amide bonds. The van der Waals surface area contributed by atoms with Gasteiger partial charge in [-0.15, -0.1) is 11.3 Å². The third-order valence-electron chi connectivity index (χ3n) is 1.79. The Morgan fingerprint density at radius 3 is 2.86 bits per heavy atom. The van der Waals surface area contributed by atoms with Gasteiger partial charge in [0.2, 0.25) is 0 Å². The first-order valence-corrected chi connectivity index (χ1v) is 5.98. The lowest BCUT2D eigenvalue weighted by Crippen LogP contribution is -1.91. The van der Waals surface area contributed by atoms with Crippen LogP contribution >= 0.6 is 45.5 Å². The van der Waals surface area contributed by atoms with Crippen LogP contribution in [0.3, 0.4) is 0 Å². The van der Waals surface area contributed by atoms with Crippen molar-refractivity contribution in [3.63, 3.8) is 0 Å². The molecule has 1 aromatic carbocycles. The van der Waals surface area contributed by atoms with Crippen LogP contribution in [0.2, 0.25) is 5.02 Å². The Morgan fingerprint density at radius 2 is 2.21 bits per heavy atom. The van der Waals surface area contributed by atoms with Crippen LogP contribution in [0.1, 0.15) is 9.67 Å². The minimum atomic E-state index is -0.966. The molecule has 1 heterocycles. The number of carboxylic acid groups (broad SMARTS) is 1. The molecular formula is C9H4ClIO2S. The van der Waals surface area contributed by atoms with Crippen LogP contribution in [0.15, 0.2) is 18.2 Å². The van der Waals surface area contributed by atoms with Gasteiger partial charge in [-0.05, 0) is 34.7 Å². The maximum Gasteiger partial charge on any atom is 0.347 e. The second-order valence-corrected chi connectivity index (χ2v) is 5.37. The first-order chi connectivity index (χ1) is 6.59. The summed E-state index contributed by atoms with van der Waals surface area (Å²) in [6.07, 6.45) is 0. The molecule has 0 aliphatic heterocycles. The summed E-state index contributed by atoms with van der Waals surface area (Å²) in [6, 6.07) is 5.69. The van der Waals surface area contributed by atoms with Crippen molar-refractivity contribution in [2.24, 2.45) is 0 Å². The number of benzene rings is 1. The average Bonchev–Trinajstić information content (AvgIpc) is 2.43. The summed E-state index contributed by atoms with van der Waals surface area (Å²) in [7, 11) is 0. The second-order valence-electron chi connectivity index (χ2n) is 2.69. The van der Waals surface area contributed by atoms with Gasteiger partial charge in [-0.1, -0.05) is 17.7 Å². The Kier molecular flexibility index (Phi) is 2.68. The van der Waals surface area contributed by atoms with Crippen molar-refractivity contribution >= 4 is 61.6 Å². The highest BCUT2D eigenvalue weighted by Crippen LogP contribution is 2.35. The van der Waals surface area contributed by atoms with Crippen LogP contribution in [0.5, 0.6) is 0 Å². The predicted molar refractivity (Wildman–Crippen MR) is 66.5 cm³/mol. The molecule has 0 spiro atoms. The molecular weight excluding hydrogens is 335 g/mol. The van der Waals surface area contributed by atoms with E-state index in [4.69, 9.17) is 16.7 Å². The van der Waals surface area contributed by atoms with Crippen LogP contribution in [0.4, 0.5) is 0 Å². The van der Waals surface area contributed by atoms with E-state index in [0.717, 1.165) is 13.7 Å². The summed E-state index contributed by atoms with van der Waals surface area (Å²) in [4.78, 5) is 11.0. The highest BCUT2D eigenvalue weighted by Gasteiger charge is 2.15. The summed E-state index contributed by atoms with van der Waals surface area (Å²) in [5.74, 6) is -0.966. The molecule has 1 N–H and O–H groups in total. The molecule has 72 valence electrons. The van der Waals surface area contributed by atoms with Gasteiger partial charge in [0.25, 0.3) is 0 Å². The molecule has 0 atom stereocenters. The number of carboxylic acids is 1. The highest BCUT2D eigenvalue weighted by atomic mass is 127. The predicted octanol–water partition coefficient (Wildman–Crippen LogP) is 3.86. The lowest BCUT2D eigenvalue weighted by Gasteiger charge is -1.90. The Balaban J connectivity index is 2.79. The molecule has 5 heteroatoms. The number of hydrogen-bond donors (Lipinski definition) is 1. The van der Waals surface area contributed by atoms with E-state index >= 15 is 0 Å². The normalized spacial score (nSPS) is 10.7. The molecule has 0 aliphatic rings. The van der Waals surface area contributed by atoms with Crippen molar-refractivity contribution in [1.29, 1.82) is 0 Å². The average molecular weight is 339 g/mol. The largest absolute Gasteiger partial charge is 0.477 e. The van der Waals surface area contributed by atoms with Crippen molar-refractivity contribution in [3.8, 4) is 0 Å². The van der Waals surface area contributed by atoms with Crippen LogP contribution < -0.4 is 0 Å². The van der Waals surface area contributed by atoms with Gasteiger partial charge in [-0.3, -0.25) is 0 Å². The number of rotatable bonds is 1.